The predicted octanol–water partition coefficient (Wildman–Crippen LogP) is 2.15. The fourth-order valence-electron chi connectivity index (χ4n) is 3.09. The van der Waals surface area contributed by atoms with Crippen LogP contribution in [0.3, 0.4) is 0 Å². The van der Waals surface area contributed by atoms with Crippen LogP contribution in [0.25, 0.3) is 0 Å². The number of nitrogens with one attached hydrogen (secondary N) is 2. The van der Waals surface area contributed by atoms with E-state index in [-0.39, 0.29) is 11.8 Å². The van der Waals surface area contributed by atoms with Gasteiger partial charge >= 0.3 is 12.1 Å². The molecule has 1 aromatic rings. The summed E-state index contributed by atoms with van der Waals surface area (Å²) in [5.74, 6) is 0.417. The summed E-state index contributed by atoms with van der Waals surface area (Å²) >= 11 is 1.58. The Morgan fingerprint density at radius 1 is 1.36 bits per heavy atom. The van der Waals surface area contributed by atoms with Gasteiger partial charge in [-0.3, -0.25) is 9.69 Å². The second kappa shape index (κ2) is 9.99. The minimum absolute atomic E-state index is 0.187. The number of halogens is 3. The van der Waals surface area contributed by atoms with Crippen molar-refractivity contribution in [2.75, 3.05) is 37.1 Å². The van der Waals surface area contributed by atoms with Crippen LogP contribution in [0.1, 0.15) is 24.8 Å². The number of ether oxygens (including phenoxy) is 1. The number of rotatable bonds is 7. The zero-order valence-corrected chi connectivity index (χ0v) is 16.7. The maximum absolute atomic E-state index is 12.7. The van der Waals surface area contributed by atoms with Gasteiger partial charge < -0.3 is 10.1 Å². The first kappa shape index (κ1) is 22.3. The van der Waals surface area contributed by atoms with Gasteiger partial charge in [0.2, 0.25) is 5.91 Å². The smallest absolute Gasteiger partial charge is 0.419 e. The fraction of sp³-hybridized carbons (Fsp3) is 0.611. The number of aromatic nitrogens is 1. The average Bonchev–Trinajstić information content (AvgIpc) is 2.70. The predicted molar refractivity (Wildman–Crippen MR) is 99.9 cm³/mol. The SMILES string of the molecule is COC(=O)[C@H](CCSC)NC(=O)C1CCN(c2ccc(C(F)(F)F)c[nH+]2)CC1. The molecule has 0 unspecified atom stereocenters. The Morgan fingerprint density at radius 2 is 2.04 bits per heavy atom. The van der Waals surface area contributed by atoms with Crippen molar-refractivity contribution in [2.24, 2.45) is 5.92 Å². The lowest BCUT2D eigenvalue weighted by molar-refractivity contribution is -0.367. The third-order valence-electron chi connectivity index (χ3n) is 4.74. The van der Waals surface area contributed by atoms with Crippen LogP contribution in [0.2, 0.25) is 0 Å². The van der Waals surface area contributed by atoms with Gasteiger partial charge in [0.1, 0.15) is 12.2 Å². The summed E-state index contributed by atoms with van der Waals surface area (Å²) in [6.07, 6.45) is 0.0880. The third kappa shape index (κ3) is 6.02. The lowest BCUT2D eigenvalue weighted by Crippen LogP contribution is -2.47. The third-order valence-corrected chi connectivity index (χ3v) is 5.39. The molecule has 1 aliphatic rings. The maximum Gasteiger partial charge on any atom is 0.419 e. The zero-order valence-electron chi connectivity index (χ0n) is 15.8. The standard InChI is InChI=1S/C18H24F3N3O3S/c1-27-17(26)14(7-10-28-2)23-16(25)12-5-8-24(9-6-12)15-4-3-13(11-22-15)18(19,20)21/h3-4,11-12,14H,5-10H2,1-2H3,(H,23,25)/p+1/t14-/m0/s1. The molecule has 1 amide bonds. The highest BCUT2D eigenvalue weighted by Gasteiger charge is 2.34. The molecule has 2 N–H and O–H groups in total. The summed E-state index contributed by atoms with van der Waals surface area (Å²) in [6, 6.07) is 1.78. The number of piperidine rings is 1. The zero-order chi connectivity index (χ0) is 20.7. The highest BCUT2D eigenvalue weighted by atomic mass is 32.2. The van der Waals surface area contributed by atoms with Crippen LogP contribution in [0.4, 0.5) is 19.0 Å². The number of thioether (sulfide) groups is 1. The van der Waals surface area contributed by atoms with Gasteiger partial charge in [-0.25, -0.2) is 9.78 Å². The van der Waals surface area contributed by atoms with Crippen molar-refractivity contribution in [3.63, 3.8) is 0 Å². The van der Waals surface area contributed by atoms with Crippen molar-refractivity contribution >= 4 is 29.5 Å². The Kier molecular flexibility index (Phi) is 7.97. The van der Waals surface area contributed by atoms with Crippen molar-refractivity contribution in [2.45, 2.75) is 31.5 Å². The molecule has 28 heavy (non-hydrogen) atoms. The van der Waals surface area contributed by atoms with Gasteiger partial charge in [-0.05, 0) is 37.3 Å². The van der Waals surface area contributed by atoms with Crippen molar-refractivity contribution in [1.29, 1.82) is 0 Å². The summed E-state index contributed by atoms with van der Waals surface area (Å²) in [5.41, 5.74) is -0.732. The molecule has 10 heteroatoms. The molecular weight excluding hydrogens is 395 g/mol. The molecule has 1 saturated heterocycles. The topological polar surface area (TPSA) is 72.8 Å². The van der Waals surface area contributed by atoms with Crippen LogP contribution in [0, 0.1) is 5.92 Å². The highest BCUT2D eigenvalue weighted by Crippen LogP contribution is 2.29. The minimum atomic E-state index is -4.38. The lowest BCUT2D eigenvalue weighted by Gasteiger charge is -2.28. The van der Waals surface area contributed by atoms with Crippen molar-refractivity contribution < 1.29 is 32.5 Å². The number of amides is 1. The molecule has 1 fully saturated rings. The second-order valence-corrected chi connectivity index (χ2v) is 7.57. The minimum Gasteiger partial charge on any atom is -0.467 e. The first-order valence-electron chi connectivity index (χ1n) is 8.97. The van der Waals surface area contributed by atoms with Gasteiger partial charge in [-0.2, -0.15) is 24.9 Å². The Labute approximate surface area is 166 Å². The van der Waals surface area contributed by atoms with E-state index >= 15 is 0 Å². The van der Waals surface area contributed by atoms with E-state index in [0.29, 0.717) is 38.2 Å². The molecule has 2 rings (SSSR count). The Bertz CT molecular complexity index is 662. The molecule has 2 heterocycles. The van der Waals surface area contributed by atoms with E-state index in [2.05, 4.69) is 10.3 Å². The molecule has 1 aliphatic heterocycles. The summed E-state index contributed by atoms with van der Waals surface area (Å²) in [6.45, 7) is 1.07. The number of carbonyl (C=O) groups is 2. The van der Waals surface area contributed by atoms with Crippen molar-refractivity contribution in [3.05, 3.63) is 23.9 Å². The molecule has 0 radical (unpaired) electrons. The largest absolute Gasteiger partial charge is 0.467 e. The van der Waals surface area contributed by atoms with Crippen LogP contribution < -0.4 is 15.2 Å². The Hall–Kier alpha value is -1.97. The van der Waals surface area contributed by atoms with Crippen LogP contribution in [-0.4, -0.2) is 50.1 Å². The number of esters is 1. The van der Waals surface area contributed by atoms with Crippen molar-refractivity contribution in [3.8, 4) is 0 Å². The summed E-state index contributed by atoms with van der Waals surface area (Å²) in [7, 11) is 1.29. The molecule has 0 aliphatic carbocycles. The Morgan fingerprint density at radius 3 is 2.54 bits per heavy atom. The van der Waals surface area contributed by atoms with E-state index in [4.69, 9.17) is 4.74 Å². The average molecular weight is 420 g/mol. The number of methoxy groups -OCH3 is 1. The number of hydrogen-bond donors (Lipinski definition) is 1. The van der Waals surface area contributed by atoms with Gasteiger partial charge in [0.05, 0.1) is 25.8 Å². The van der Waals surface area contributed by atoms with E-state index < -0.39 is 23.8 Å². The number of alkyl halides is 3. The fourth-order valence-corrected chi connectivity index (χ4v) is 3.56. The van der Waals surface area contributed by atoms with Gasteiger partial charge in [0, 0.05) is 12.0 Å². The van der Waals surface area contributed by atoms with E-state index in [1.807, 2.05) is 11.2 Å². The number of anilines is 1. The van der Waals surface area contributed by atoms with Gasteiger partial charge in [-0.1, -0.05) is 0 Å². The number of H-pyrrole nitrogens is 1. The molecule has 0 bridgehead atoms. The first-order chi connectivity index (χ1) is 13.3. The molecule has 0 spiro atoms. The first-order valence-corrected chi connectivity index (χ1v) is 10.4. The second-order valence-electron chi connectivity index (χ2n) is 6.59. The van der Waals surface area contributed by atoms with E-state index in [0.717, 1.165) is 18.0 Å². The van der Waals surface area contributed by atoms with E-state index in [1.165, 1.54) is 13.2 Å². The molecule has 6 nitrogen and oxygen atoms in total. The van der Waals surface area contributed by atoms with Gasteiger partial charge in [0.15, 0.2) is 0 Å². The van der Waals surface area contributed by atoms with Crippen LogP contribution >= 0.6 is 11.8 Å². The molecule has 0 saturated carbocycles. The maximum atomic E-state index is 12.7. The normalized spacial score (nSPS) is 16.5. The van der Waals surface area contributed by atoms with E-state index in [1.54, 1.807) is 11.8 Å². The van der Waals surface area contributed by atoms with Gasteiger partial charge in [0.25, 0.3) is 5.82 Å². The lowest BCUT2D eigenvalue weighted by atomic mass is 9.95. The van der Waals surface area contributed by atoms with E-state index in [9.17, 15) is 22.8 Å². The molecule has 1 aromatic heterocycles. The summed E-state index contributed by atoms with van der Waals surface area (Å²) in [5, 5.41) is 2.77. The number of carbonyl (C=O) groups excluding carboxylic acids is 2. The highest BCUT2D eigenvalue weighted by molar-refractivity contribution is 7.98. The number of hydrogen-bond acceptors (Lipinski definition) is 5. The van der Waals surface area contributed by atoms with Gasteiger partial charge in [-0.15, -0.1) is 0 Å². The van der Waals surface area contributed by atoms with Crippen molar-refractivity contribution in [1.82, 2.24) is 5.32 Å². The summed E-state index contributed by atoms with van der Waals surface area (Å²) < 4.78 is 42.7. The number of pyridine rings is 1. The van der Waals surface area contributed by atoms with Crippen LogP contribution in [-0.2, 0) is 20.5 Å². The Balaban J connectivity index is 1.90. The molecule has 0 aromatic carbocycles. The number of nitrogens with zero attached hydrogens (tertiary/aromatic N) is 1. The molecule has 156 valence electrons. The number of aromatic amines is 1. The van der Waals surface area contributed by atoms with Crippen LogP contribution in [0.15, 0.2) is 18.3 Å². The summed E-state index contributed by atoms with van der Waals surface area (Å²) in [4.78, 5) is 28.9. The molecule has 1 atom stereocenters. The quantitative estimate of drug-likeness (QED) is 0.685. The molecular formula is C18H25F3N3O3S+. The monoisotopic (exact) mass is 420 g/mol. The van der Waals surface area contributed by atoms with Crippen LogP contribution in [0.5, 0.6) is 0 Å².